The SMILES string of the molecule is C[N+](C)(C)CCOP(=O)(O)OC[C@H]1O[C@@H](n2cccnc2=O)C(OCc2ccccc2)[C@@H]1O. The summed E-state index contributed by atoms with van der Waals surface area (Å²) in [5, 5.41) is 10.8. The molecule has 33 heavy (non-hydrogen) atoms. The fraction of sp³-hybridized carbons (Fsp3) is 0.524. The van der Waals surface area contributed by atoms with Gasteiger partial charge in [-0.2, -0.15) is 0 Å². The summed E-state index contributed by atoms with van der Waals surface area (Å²) in [5.74, 6) is 0. The van der Waals surface area contributed by atoms with Gasteiger partial charge in [0.1, 0.15) is 31.5 Å². The molecule has 11 nitrogen and oxygen atoms in total. The number of quaternary nitrogens is 1. The van der Waals surface area contributed by atoms with E-state index >= 15 is 0 Å². The van der Waals surface area contributed by atoms with Crippen molar-refractivity contribution in [3.05, 3.63) is 64.8 Å². The van der Waals surface area contributed by atoms with Crippen molar-refractivity contribution in [2.75, 3.05) is 40.9 Å². The van der Waals surface area contributed by atoms with Gasteiger partial charge in [-0.15, -0.1) is 0 Å². The van der Waals surface area contributed by atoms with Crippen LogP contribution in [-0.4, -0.2) is 83.2 Å². The van der Waals surface area contributed by atoms with E-state index in [1.165, 1.54) is 17.0 Å². The van der Waals surface area contributed by atoms with E-state index in [2.05, 4.69) is 4.98 Å². The number of benzene rings is 1. The molecule has 12 heteroatoms. The lowest BCUT2D eigenvalue weighted by Gasteiger charge is -2.24. The van der Waals surface area contributed by atoms with Crippen LogP contribution in [0.1, 0.15) is 11.8 Å². The van der Waals surface area contributed by atoms with Gasteiger partial charge in [0.2, 0.25) is 0 Å². The largest absolute Gasteiger partial charge is 0.472 e. The molecular weight excluding hydrogens is 453 g/mol. The lowest BCUT2D eigenvalue weighted by atomic mass is 10.1. The highest BCUT2D eigenvalue weighted by Crippen LogP contribution is 2.44. The van der Waals surface area contributed by atoms with E-state index in [1.54, 1.807) is 6.07 Å². The molecule has 0 aliphatic carbocycles. The van der Waals surface area contributed by atoms with Crippen LogP contribution >= 0.6 is 7.82 Å². The van der Waals surface area contributed by atoms with Crippen molar-refractivity contribution in [1.29, 1.82) is 0 Å². The van der Waals surface area contributed by atoms with Crippen molar-refractivity contribution in [3.8, 4) is 0 Å². The number of phosphoric acid groups is 1. The molecule has 0 saturated carbocycles. The van der Waals surface area contributed by atoms with E-state index in [0.717, 1.165) is 5.56 Å². The van der Waals surface area contributed by atoms with E-state index in [0.29, 0.717) is 11.0 Å². The summed E-state index contributed by atoms with van der Waals surface area (Å²) in [7, 11) is 1.40. The second-order valence-electron chi connectivity index (χ2n) is 8.74. The number of nitrogens with zero attached hydrogens (tertiary/aromatic N) is 3. The van der Waals surface area contributed by atoms with Crippen molar-refractivity contribution in [2.24, 2.45) is 0 Å². The highest BCUT2D eigenvalue weighted by atomic mass is 31.2. The summed E-state index contributed by atoms with van der Waals surface area (Å²) in [4.78, 5) is 25.9. The van der Waals surface area contributed by atoms with E-state index in [-0.39, 0.29) is 13.2 Å². The lowest BCUT2D eigenvalue weighted by Crippen LogP contribution is -2.38. The molecule has 1 aromatic heterocycles. The first-order valence-electron chi connectivity index (χ1n) is 10.5. The molecule has 1 aliphatic rings. The summed E-state index contributed by atoms with van der Waals surface area (Å²) in [6, 6.07) is 10.9. The van der Waals surface area contributed by atoms with Gasteiger partial charge in [0.05, 0.1) is 34.4 Å². The molecule has 1 aliphatic heterocycles. The monoisotopic (exact) mass is 484 g/mol. The first-order valence-corrected chi connectivity index (χ1v) is 12.0. The fourth-order valence-electron chi connectivity index (χ4n) is 3.22. The molecule has 0 spiro atoms. The zero-order valence-electron chi connectivity index (χ0n) is 18.9. The lowest BCUT2D eigenvalue weighted by molar-refractivity contribution is -0.870. The third-order valence-corrected chi connectivity index (χ3v) is 6.01. The Labute approximate surface area is 192 Å². The summed E-state index contributed by atoms with van der Waals surface area (Å²) < 4.78 is 35.8. The van der Waals surface area contributed by atoms with Crippen LogP contribution in [0.3, 0.4) is 0 Å². The van der Waals surface area contributed by atoms with Crippen molar-refractivity contribution in [3.63, 3.8) is 0 Å². The number of rotatable bonds is 11. The van der Waals surface area contributed by atoms with Gasteiger partial charge < -0.3 is 24.0 Å². The number of aliphatic hydroxyl groups excluding tert-OH is 1. The molecule has 0 bridgehead atoms. The fourth-order valence-corrected chi connectivity index (χ4v) is 3.95. The zero-order valence-corrected chi connectivity index (χ0v) is 19.8. The van der Waals surface area contributed by atoms with Crippen LogP contribution in [0.15, 0.2) is 53.6 Å². The van der Waals surface area contributed by atoms with Crippen LogP contribution in [0.25, 0.3) is 0 Å². The van der Waals surface area contributed by atoms with Crippen LogP contribution in [0.2, 0.25) is 0 Å². The third-order valence-electron chi connectivity index (χ3n) is 5.03. The van der Waals surface area contributed by atoms with Gasteiger partial charge in [0.25, 0.3) is 0 Å². The molecule has 5 atom stereocenters. The zero-order chi connectivity index (χ0) is 24.1. The Balaban J connectivity index is 1.68. The van der Waals surface area contributed by atoms with Crippen LogP contribution in [0.5, 0.6) is 0 Å². The maximum Gasteiger partial charge on any atom is 0.472 e. The molecule has 1 fully saturated rings. The van der Waals surface area contributed by atoms with Gasteiger partial charge in [-0.05, 0) is 11.6 Å². The topological polar surface area (TPSA) is 129 Å². The first-order chi connectivity index (χ1) is 15.6. The molecule has 2 heterocycles. The average molecular weight is 484 g/mol. The van der Waals surface area contributed by atoms with Crippen LogP contribution < -0.4 is 5.69 Å². The Bertz CT molecular complexity index is 997. The average Bonchev–Trinajstić information content (AvgIpc) is 3.06. The quantitative estimate of drug-likeness (QED) is 0.353. The van der Waals surface area contributed by atoms with Crippen molar-refractivity contribution >= 4 is 7.82 Å². The molecular formula is C21H31N3O8P+. The smallest absolute Gasteiger partial charge is 0.387 e. The van der Waals surface area contributed by atoms with Gasteiger partial charge in [-0.1, -0.05) is 30.3 Å². The number of hydrogen-bond donors (Lipinski definition) is 2. The number of hydrogen-bond acceptors (Lipinski definition) is 8. The summed E-state index contributed by atoms with van der Waals surface area (Å²) in [6.45, 7) is 0.243. The maximum atomic E-state index is 12.3. The molecule has 2 unspecified atom stereocenters. The van der Waals surface area contributed by atoms with Gasteiger partial charge >= 0.3 is 13.5 Å². The van der Waals surface area contributed by atoms with Gasteiger partial charge in [-0.3, -0.25) is 13.6 Å². The van der Waals surface area contributed by atoms with Crippen LogP contribution in [0.4, 0.5) is 0 Å². The predicted octanol–water partition coefficient (Wildman–Crippen LogP) is 0.927. The highest BCUT2D eigenvalue weighted by molar-refractivity contribution is 7.47. The Morgan fingerprint density at radius 1 is 1.18 bits per heavy atom. The second kappa shape index (κ2) is 11.0. The number of aromatic nitrogens is 2. The molecule has 3 rings (SSSR count). The van der Waals surface area contributed by atoms with E-state index in [4.69, 9.17) is 18.5 Å². The van der Waals surface area contributed by atoms with E-state index in [9.17, 15) is 19.4 Å². The van der Waals surface area contributed by atoms with Crippen LogP contribution in [0, 0.1) is 0 Å². The minimum atomic E-state index is -4.36. The Morgan fingerprint density at radius 2 is 1.91 bits per heavy atom. The van der Waals surface area contributed by atoms with E-state index in [1.807, 2.05) is 51.5 Å². The molecule has 0 amide bonds. The van der Waals surface area contributed by atoms with Crippen molar-refractivity contribution < 1.29 is 37.6 Å². The highest BCUT2D eigenvalue weighted by Gasteiger charge is 2.47. The molecule has 2 aromatic rings. The minimum absolute atomic E-state index is 0.0157. The van der Waals surface area contributed by atoms with Crippen molar-refractivity contribution in [2.45, 2.75) is 31.1 Å². The van der Waals surface area contributed by atoms with Gasteiger partial charge in [0.15, 0.2) is 6.23 Å². The predicted molar refractivity (Wildman–Crippen MR) is 118 cm³/mol. The number of ether oxygens (including phenoxy) is 2. The summed E-state index contributed by atoms with van der Waals surface area (Å²) in [5.41, 5.74) is 0.285. The summed E-state index contributed by atoms with van der Waals surface area (Å²) >= 11 is 0. The Kier molecular flexibility index (Phi) is 8.54. The summed E-state index contributed by atoms with van der Waals surface area (Å²) in [6.07, 6.45) is -1.41. The number of phosphoric ester groups is 1. The first kappa shape index (κ1) is 25.7. The third kappa shape index (κ3) is 7.53. The molecule has 182 valence electrons. The number of likely N-dealkylation sites (N-methyl/N-ethyl adjacent to an activating group) is 1. The Morgan fingerprint density at radius 3 is 2.58 bits per heavy atom. The normalized spacial score (nSPS) is 25.1. The van der Waals surface area contributed by atoms with E-state index < -0.39 is 44.7 Å². The van der Waals surface area contributed by atoms with Gasteiger partial charge in [-0.25, -0.2) is 14.3 Å². The molecule has 2 N–H and O–H groups in total. The van der Waals surface area contributed by atoms with Crippen LogP contribution in [-0.2, 0) is 29.7 Å². The number of aliphatic hydroxyl groups is 1. The molecule has 1 aromatic carbocycles. The minimum Gasteiger partial charge on any atom is -0.387 e. The van der Waals surface area contributed by atoms with Crippen molar-refractivity contribution in [1.82, 2.24) is 9.55 Å². The van der Waals surface area contributed by atoms with Gasteiger partial charge in [0, 0.05) is 12.4 Å². The maximum absolute atomic E-state index is 12.3. The Hall–Kier alpha value is -1.95. The standard InChI is InChI=1S/C21H30N3O8P/c1-24(2,3)12-13-30-33(27,28)31-15-17-18(25)19(29-14-16-8-5-4-6-9-16)20(32-17)23-11-7-10-22-21(23)26/h4-11,17-20,25H,12-15H2,1-3H3/p+1/t17-,18-,19?,20-/m1/s1. The molecule has 0 radical (unpaired) electrons. The second-order valence-corrected chi connectivity index (χ2v) is 10.2. The molecule has 1 saturated heterocycles.